The molecular formula is C58H71N7O9S. The molecule has 2 fully saturated rings. The smallest absolute Gasteiger partial charge is 0.262 e. The molecule has 0 spiro atoms. The molecule has 75 heavy (non-hydrogen) atoms. The number of hydrogen-bond acceptors (Lipinski definition) is 12. The highest BCUT2D eigenvalue weighted by Crippen LogP contribution is 2.40. The summed E-state index contributed by atoms with van der Waals surface area (Å²) in [6.45, 7) is 13.9. The third-order valence-corrected chi connectivity index (χ3v) is 15.6. The average Bonchev–Trinajstić information content (AvgIpc) is 4.14. The van der Waals surface area contributed by atoms with Crippen LogP contribution in [0.5, 0.6) is 17.2 Å². The highest BCUT2D eigenvalue weighted by Gasteiger charge is 2.44. The fourth-order valence-corrected chi connectivity index (χ4v) is 11.0. The first-order valence-corrected chi connectivity index (χ1v) is 27.0. The Hall–Kier alpha value is -6.82. The van der Waals surface area contributed by atoms with Crippen LogP contribution in [0.15, 0.2) is 84.4 Å². The molecule has 1 aromatic heterocycles. The molecule has 3 aliphatic heterocycles. The van der Waals surface area contributed by atoms with Gasteiger partial charge < -0.3 is 45.4 Å². The number of β-amino-alcohol motifs (C(OH)–C–C–N with tert-alkyl or cyclic N) is 1. The van der Waals surface area contributed by atoms with Crippen molar-refractivity contribution in [3.05, 3.63) is 129 Å². The Morgan fingerprint density at radius 3 is 2.19 bits per heavy atom. The number of aromatic hydroxyl groups is 2. The molecule has 2 saturated heterocycles. The molecule has 0 aliphatic carbocycles. The highest BCUT2D eigenvalue weighted by atomic mass is 32.1. The molecule has 16 nitrogen and oxygen atoms in total. The predicted molar refractivity (Wildman–Crippen MR) is 287 cm³/mol. The number of rotatable bonds is 19. The molecule has 0 bridgehead atoms. The largest absolute Gasteiger partial charge is 0.507 e. The quantitative estimate of drug-likeness (QED) is 0.0517. The number of phenols is 2. The summed E-state index contributed by atoms with van der Waals surface area (Å²) in [4.78, 5) is 80.8. The van der Waals surface area contributed by atoms with Gasteiger partial charge >= 0.3 is 0 Å². The molecule has 0 saturated carbocycles. The van der Waals surface area contributed by atoms with Gasteiger partial charge in [-0.2, -0.15) is 0 Å². The fourth-order valence-electron chi connectivity index (χ4n) is 10.2. The maximum Gasteiger partial charge on any atom is 0.262 e. The van der Waals surface area contributed by atoms with Crippen LogP contribution in [0.4, 0.5) is 0 Å². The van der Waals surface area contributed by atoms with E-state index in [-0.39, 0.29) is 79.0 Å². The second kappa shape index (κ2) is 24.2. The van der Waals surface area contributed by atoms with Crippen molar-refractivity contribution in [2.45, 2.75) is 131 Å². The second-order valence-corrected chi connectivity index (χ2v) is 22.2. The predicted octanol–water partition coefficient (Wildman–Crippen LogP) is 7.37. The van der Waals surface area contributed by atoms with E-state index >= 15 is 0 Å². The number of piperazine rings is 1. The number of fused-ring (bicyclic) bond motifs is 1. The number of phenolic OH excluding ortho intramolecular Hbond substituents is 2. The number of nitrogens with zero attached hydrogens (tertiary/aromatic N) is 5. The molecule has 3 atom stereocenters. The minimum absolute atomic E-state index is 0.00388. The van der Waals surface area contributed by atoms with Crippen LogP contribution in [0.25, 0.3) is 10.4 Å². The summed E-state index contributed by atoms with van der Waals surface area (Å²) >= 11 is 1.57. The molecular weight excluding hydrogens is 971 g/mol. The van der Waals surface area contributed by atoms with E-state index in [1.165, 1.54) is 11.0 Å². The lowest BCUT2D eigenvalue weighted by Crippen LogP contribution is -2.57. The lowest BCUT2D eigenvalue weighted by atomic mass is 9.85. The Bertz CT molecular complexity index is 2840. The molecule has 17 heteroatoms. The molecule has 398 valence electrons. The SMILES string of the molecule is Cc1ncsc1-c1ccc(CNC(=O)[C@@H]2C[C@@H](O)CN2C(=O)C(NC(=O)CCCCCCC(=O)N2CCN(Cc3ccc4c(c3)CN(C(=O)c3c(O)cc(O)c(C)c3OCc3ccccc3)C4)CC2)C(C)(C)C)cc1. The number of aryl methyl sites for hydroxylation is 1. The zero-order chi connectivity index (χ0) is 53.4. The van der Waals surface area contributed by atoms with Gasteiger partial charge in [0.1, 0.15) is 41.5 Å². The zero-order valence-electron chi connectivity index (χ0n) is 43.8. The van der Waals surface area contributed by atoms with Gasteiger partial charge in [-0.05, 0) is 65.5 Å². The van der Waals surface area contributed by atoms with Crippen molar-refractivity contribution >= 4 is 40.9 Å². The van der Waals surface area contributed by atoms with Crippen molar-refractivity contribution in [1.29, 1.82) is 0 Å². The number of amides is 5. The van der Waals surface area contributed by atoms with E-state index in [1.54, 1.807) is 23.2 Å². The van der Waals surface area contributed by atoms with E-state index in [4.69, 9.17) is 4.74 Å². The maximum atomic E-state index is 14.1. The molecule has 5 aromatic rings. The van der Waals surface area contributed by atoms with E-state index < -0.39 is 29.5 Å². The van der Waals surface area contributed by atoms with Crippen LogP contribution in [0.3, 0.4) is 0 Å². The number of likely N-dealkylation sites (tertiary alicyclic amines) is 1. The topological polar surface area (TPSA) is 205 Å². The van der Waals surface area contributed by atoms with Crippen LogP contribution < -0.4 is 15.4 Å². The summed E-state index contributed by atoms with van der Waals surface area (Å²) in [5.41, 5.74) is 8.55. The van der Waals surface area contributed by atoms with Gasteiger partial charge in [0, 0.05) is 89.8 Å². The van der Waals surface area contributed by atoms with E-state index in [0.717, 1.165) is 69.9 Å². The normalized spacial score (nSPS) is 17.2. The number of carbonyl (C=O) groups excluding carboxylic acids is 5. The Morgan fingerprint density at radius 2 is 1.49 bits per heavy atom. The Morgan fingerprint density at radius 1 is 0.800 bits per heavy atom. The van der Waals surface area contributed by atoms with E-state index in [9.17, 15) is 39.3 Å². The van der Waals surface area contributed by atoms with Gasteiger partial charge in [-0.15, -0.1) is 11.3 Å². The Kier molecular flexibility index (Phi) is 17.6. The van der Waals surface area contributed by atoms with Crippen molar-refractivity contribution in [2.75, 3.05) is 32.7 Å². The Labute approximate surface area is 443 Å². The molecule has 5 N–H and O–H groups in total. The minimum Gasteiger partial charge on any atom is -0.507 e. The number of thiazole rings is 1. The molecule has 1 unspecified atom stereocenters. The van der Waals surface area contributed by atoms with Gasteiger partial charge in [-0.25, -0.2) is 4.98 Å². The van der Waals surface area contributed by atoms with Gasteiger partial charge in [-0.1, -0.05) is 106 Å². The molecule has 0 radical (unpaired) electrons. The third kappa shape index (κ3) is 13.5. The maximum absolute atomic E-state index is 14.1. The average molecular weight is 1040 g/mol. The fraction of sp³-hybridized carbons (Fsp3) is 0.448. The number of aromatic nitrogens is 1. The minimum atomic E-state index is -0.899. The van der Waals surface area contributed by atoms with Crippen LogP contribution in [0.2, 0.25) is 0 Å². The van der Waals surface area contributed by atoms with E-state index in [2.05, 4.69) is 38.7 Å². The van der Waals surface area contributed by atoms with Gasteiger partial charge in [-0.3, -0.25) is 28.9 Å². The monoisotopic (exact) mass is 1040 g/mol. The second-order valence-electron chi connectivity index (χ2n) is 21.3. The molecule has 8 rings (SSSR count). The summed E-state index contributed by atoms with van der Waals surface area (Å²) in [7, 11) is 0. The first-order chi connectivity index (χ1) is 35.9. The van der Waals surface area contributed by atoms with E-state index in [0.29, 0.717) is 57.5 Å². The first-order valence-electron chi connectivity index (χ1n) is 26.1. The molecule has 3 aliphatic rings. The van der Waals surface area contributed by atoms with Crippen molar-refractivity contribution in [2.24, 2.45) is 5.41 Å². The van der Waals surface area contributed by atoms with Crippen LogP contribution in [0.1, 0.15) is 115 Å². The standard InChI is InChI=1S/C58H71N7O9S/c1-37-47(67)29-48(68)51(52(37)74-35-40-13-9-8-10-14-40)56(72)64-32-43-22-19-41(27-44(43)33-64)31-62-23-25-63(26-24-62)50(70)16-12-7-6-11-15-49(69)61-54(58(3,4)5)57(73)65-34-45(66)28-46(65)55(71)59-30-39-17-20-42(21-18-39)53-38(2)60-36-75-53/h8-10,13-14,17-22,27,29,36,45-46,54,66-68H,6-7,11-12,15-16,23-26,28,30-35H2,1-5H3,(H,59,71)(H,61,69)/t45-,46+,54?/m1/s1. The molecule has 5 amide bonds. The van der Waals surface area contributed by atoms with Gasteiger partial charge in [0.2, 0.25) is 23.6 Å². The lowest BCUT2D eigenvalue weighted by Gasteiger charge is -2.35. The molecule has 4 heterocycles. The van der Waals surface area contributed by atoms with Gasteiger partial charge in [0.05, 0.1) is 22.2 Å². The number of hydrogen-bond donors (Lipinski definition) is 5. The summed E-state index contributed by atoms with van der Waals surface area (Å²) in [5.74, 6) is -1.59. The van der Waals surface area contributed by atoms with E-state index in [1.807, 2.05) is 92.7 Å². The number of carbonyl (C=O) groups is 5. The zero-order valence-corrected chi connectivity index (χ0v) is 44.6. The number of aliphatic hydroxyl groups is 1. The van der Waals surface area contributed by atoms with Crippen LogP contribution >= 0.6 is 11.3 Å². The number of aliphatic hydroxyl groups excluding tert-OH is 1. The summed E-state index contributed by atoms with van der Waals surface area (Å²) in [6.07, 6.45) is 2.77. The van der Waals surface area contributed by atoms with Gasteiger partial charge in [0.15, 0.2) is 0 Å². The summed E-state index contributed by atoms with van der Waals surface area (Å²) in [6, 6.07) is 23.1. The lowest BCUT2D eigenvalue weighted by molar-refractivity contribution is -0.144. The van der Waals surface area contributed by atoms with Crippen LogP contribution in [-0.4, -0.2) is 120 Å². The molecule has 4 aromatic carbocycles. The van der Waals surface area contributed by atoms with Crippen LogP contribution in [-0.2, 0) is 52.0 Å². The van der Waals surface area contributed by atoms with Crippen molar-refractivity contribution in [1.82, 2.24) is 35.2 Å². The number of benzene rings is 4. The summed E-state index contributed by atoms with van der Waals surface area (Å²) in [5, 5.41) is 37.9. The van der Waals surface area contributed by atoms with Gasteiger partial charge in [0.25, 0.3) is 5.91 Å². The number of nitrogens with one attached hydrogen (secondary N) is 2. The van der Waals surface area contributed by atoms with Crippen molar-refractivity contribution < 1.29 is 44.0 Å². The number of unbranched alkanes of at least 4 members (excludes halogenated alkanes) is 3. The first kappa shape index (κ1) is 54.4. The van der Waals surface area contributed by atoms with Crippen molar-refractivity contribution in [3.63, 3.8) is 0 Å². The highest BCUT2D eigenvalue weighted by molar-refractivity contribution is 7.13. The third-order valence-electron chi connectivity index (χ3n) is 14.6. The summed E-state index contributed by atoms with van der Waals surface area (Å²) < 4.78 is 6.07. The number of ether oxygens (including phenoxy) is 1. The van der Waals surface area contributed by atoms with Crippen LogP contribution in [0, 0.1) is 19.3 Å². The Balaban J connectivity index is 0.730. The van der Waals surface area contributed by atoms with Crippen molar-refractivity contribution in [3.8, 4) is 27.7 Å².